The highest BCUT2D eigenvalue weighted by Gasteiger charge is 2.28. The second kappa shape index (κ2) is 6.90. The van der Waals surface area contributed by atoms with E-state index in [1.807, 2.05) is 0 Å². The van der Waals surface area contributed by atoms with Gasteiger partial charge in [0.2, 0.25) is 10.0 Å². The fourth-order valence-corrected chi connectivity index (χ4v) is 3.05. The highest BCUT2D eigenvalue weighted by molar-refractivity contribution is 8.00. The third-order valence-electron chi connectivity index (χ3n) is 2.26. The molecule has 0 aromatic heterocycles. The first-order valence-corrected chi connectivity index (χ1v) is 7.83. The molecule has 1 rings (SSSR count). The van der Waals surface area contributed by atoms with Gasteiger partial charge in [-0.15, -0.1) is 0 Å². The molecule has 1 aromatic rings. The summed E-state index contributed by atoms with van der Waals surface area (Å²) in [6.45, 7) is -1.64. The van der Waals surface area contributed by atoms with E-state index >= 15 is 0 Å². The van der Waals surface area contributed by atoms with Crippen LogP contribution in [0, 0.1) is 11.6 Å². The van der Waals surface area contributed by atoms with Crippen LogP contribution in [-0.4, -0.2) is 31.3 Å². The maximum absolute atomic E-state index is 13.7. The monoisotopic (exact) mass is 351 g/mol. The Hall–Kier alpha value is -0.910. The zero-order valence-electron chi connectivity index (χ0n) is 10.2. The SMILES string of the molecule is O=S(=O)(NCCSC(F)(F)F)c1ccc(F)c(CO)c1F. The Balaban J connectivity index is 2.84. The van der Waals surface area contributed by atoms with Gasteiger partial charge in [0.15, 0.2) is 5.82 Å². The quantitative estimate of drug-likeness (QED) is 0.608. The second-order valence-corrected chi connectivity index (χ2v) is 6.58. The van der Waals surface area contributed by atoms with Gasteiger partial charge in [0.05, 0.1) is 12.2 Å². The van der Waals surface area contributed by atoms with Crippen molar-refractivity contribution < 1.29 is 35.5 Å². The Morgan fingerprint density at radius 1 is 1.24 bits per heavy atom. The average Bonchev–Trinajstić information content (AvgIpc) is 2.34. The number of alkyl halides is 3. The summed E-state index contributed by atoms with van der Waals surface area (Å²) in [5, 5.41) is 8.77. The maximum atomic E-state index is 13.7. The molecular formula is C10H10F5NO3S2. The molecule has 0 saturated carbocycles. The molecule has 0 aliphatic rings. The number of hydrogen-bond donors (Lipinski definition) is 2. The van der Waals surface area contributed by atoms with Crippen LogP contribution < -0.4 is 4.72 Å². The van der Waals surface area contributed by atoms with Gasteiger partial charge >= 0.3 is 5.51 Å². The molecule has 0 spiro atoms. The summed E-state index contributed by atoms with van der Waals surface area (Å²) in [5.74, 6) is -3.20. The number of hydrogen-bond acceptors (Lipinski definition) is 4. The van der Waals surface area contributed by atoms with Gasteiger partial charge in [0, 0.05) is 12.3 Å². The van der Waals surface area contributed by atoms with Crippen molar-refractivity contribution in [3.8, 4) is 0 Å². The first-order valence-electron chi connectivity index (χ1n) is 5.36. The highest BCUT2D eigenvalue weighted by atomic mass is 32.2. The maximum Gasteiger partial charge on any atom is 0.441 e. The zero-order chi connectivity index (χ0) is 16.3. The van der Waals surface area contributed by atoms with Crippen molar-refractivity contribution in [3.63, 3.8) is 0 Å². The summed E-state index contributed by atoms with van der Waals surface area (Å²) in [6, 6.07) is 1.27. The molecule has 0 amide bonds. The fourth-order valence-electron chi connectivity index (χ4n) is 1.35. The number of sulfonamides is 1. The lowest BCUT2D eigenvalue weighted by molar-refractivity contribution is -0.0327. The van der Waals surface area contributed by atoms with Gasteiger partial charge in [0.25, 0.3) is 0 Å². The number of nitrogens with one attached hydrogen (secondary N) is 1. The Kier molecular flexibility index (Phi) is 5.96. The van der Waals surface area contributed by atoms with E-state index in [0.717, 1.165) is 0 Å². The lowest BCUT2D eigenvalue weighted by Gasteiger charge is -2.10. The molecule has 120 valence electrons. The zero-order valence-corrected chi connectivity index (χ0v) is 11.9. The molecule has 0 radical (unpaired) electrons. The summed E-state index contributed by atoms with van der Waals surface area (Å²) in [6.07, 6.45) is 0. The Bertz CT molecular complexity index is 603. The van der Waals surface area contributed by atoms with E-state index < -0.39 is 68.3 Å². The van der Waals surface area contributed by atoms with Crippen LogP contribution in [0.4, 0.5) is 22.0 Å². The predicted octanol–water partition coefficient (Wildman–Crippen LogP) is 1.99. The molecule has 0 aliphatic heterocycles. The molecule has 0 fully saturated rings. The summed E-state index contributed by atoms with van der Waals surface area (Å²) in [5.41, 5.74) is -5.33. The molecule has 0 atom stereocenters. The van der Waals surface area contributed by atoms with E-state index in [1.54, 1.807) is 4.72 Å². The van der Waals surface area contributed by atoms with Crippen LogP contribution in [0.15, 0.2) is 17.0 Å². The summed E-state index contributed by atoms with van der Waals surface area (Å²) >= 11 is -0.437. The first kappa shape index (κ1) is 18.1. The van der Waals surface area contributed by atoms with Crippen LogP contribution >= 0.6 is 11.8 Å². The van der Waals surface area contributed by atoms with E-state index in [-0.39, 0.29) is 0 Å². The van der Waals surface area contributed by atoms with Crippen LogP contribution in [0.3, 0.4) is 0 Å². The van der Waals surface area contributed by atoms with Crippen LogP contribution in [0.2, 0.25) is 0 Å². The smallest absolute Gasteiger partial charge is 0.391 e. The first-order chi connectivity index (χ1) is 9.58. The third-order valence-corrected chi connectivity index (χ3v) is 4.47. The molecule has 1 aromatic carbocycles. The van der Waals surface area contributed by atoms with E-state index in [2.05, 4.69) is 0 Å². The lowest BCUT2D eigenvalue weighted by atomic mass is 10.2. The van der Waals surface area contributed by atoms with Crippen LogP contribution in [-0.2, 0) is 16.6 Å². The van der Waals surface area contributed by atoms with Crippen molar-refractivity contribution in [2.45, 2.75) is 17.0 Å². The van der Waals surface area contributed by atoms with Crippen molar-refractivity contribution >= 4 is 21.8 Å². The van der Waals surface area contributed by atoms with E-state index in [4.69, 9.17) is 5.11 Å². The molecule has 0 unspecified atom stereocenters. The normalized spacial score (nSPS) is 12.7. The number of thioether (sulfide) groups is 1. The van der Waals surface area contributed by atoms with Crippen LogP contribution in [0.1, 0.15) is 5.56 Å². The van der Waals surface area contributed by atoms with Gasteiger partial charge in [-0.25, -0.2) is 21.9 Å². The molecular weight excluding hydrogens is 341 g/mol. The van der Waals surface area contributed by atoms with E-state index in [0.29, 0.717) is 12.1 Å². The molecule has 0 bridgehead atoms. The Labute approximate surface area is 121 Å². The van der Waals surface area contributed by atoms with Crippen molar-refractivity contribution in [1.82, 2.24) is 4.72 Å². The number of halogens is 5. The van der Waals surface area contributed by atoms with E-state index in [9.17, 15) is 30.4 Å². The average molecular weight is 351 g/mol. The second-order valence-electron chi connectivity index (χ2n) is 3.69. The number of aliphatic hydroxyl groups is 1. The predicted molar refractivity (Wildman–Crippen MR) is 66.0 cm³/mol. The fraction of sp³-hybridized carbons (Fsp3) is 0.400. The van der Waals surface area contributed by atoms with Gasteiger partial charge < -0.3 is 5.11 Å². The van der Waals surface area contributed by atoms with Crippen molar-refractivity contribution in [2.24, 2.45) is 0 Å². The lowest BCUT2D eigenvalue weighted by Crippen LogP contribution is -2.28. The Morgan fingerprint density at radius 3 is 2.38 bits per heavy atom. The minimum Gasteiger partial charge on any atom is -0.391 e. The van der Waals surface area contributed by atoms with Crippen molar-refractivity contribution in [1.29, 1.82) is 0 Å². The van der Waals surface area contributed by atoms with Gasteiger partial charge in [-0.2, -0.15) is 13.2 Å². The highest BCUT2D eigenvalue weighted by Crippen LogP contribution is 2.29. The van der Waals surface area contributed by atoms with E-state index in [1.165, 1.54) is 0 Å². The molecule has 21 heavy (non-hydrogen) atoms. The van der Waals surface area contributed by atoms with Crippen molar-refractivity contribution in [2.75, 3.05) is 12.3 Å². The molecule has 0 saturated heterocycles. The summed E-state index contributed by atoms with van der Waals surface area (Å²) < 4.78 is 87.6. The Morgan fingerprint density at radius 2 is 1.86 bits per heavy atom. The van der Waals surface area contributed by atoms with Gasteiger partial charge in [-0.1, -0.05) is 0 Å². The molecule has 4 nitrogen and oxygen atoms in total. The minimum atomic E-state index is -4.50. The molecule has 11 heteroatoms. The summed E-state index contributed by atoms with van der Waals surface area (Å²) in [4.78, 5) is -0.940. The topological polar surface area (TPSA) is 66.4 Å². The number of rotatable bonds is 6. The van der Waals surface area contributed by atoms with Gasteiger partial charge in [-0.3, -0.25) is 0 Å². The van der Waals surface area contributed by atoms with Gasteiger partial charge in [0.1, 0.15) is 10.7 Å². The summed E-state index contributed by atoms with van der Waals surface area (Å²) in [7, 11) is -4.44. The van der Waals surface area contributed by atoms with Crippen LogP contribution in [0.5, 0.6) is 0 Å². The van der Waals surface area contributed by atoms with Gasteiger partial charge in [-0.05, 0) is 23.9 Å². The number of aliphatic hydroxyl groups excluding tert-OH is 1. The largest absolute Gasteiger partial charge is 0.441 e. The number of benzene rings is 1. The molecule has 0 aliphatic carbocycles. The van der Waals surface area contributed by atoms with Crippen LogP contribution in [0.25, 0.3) is 0 Å². The minimum absolute atomic E-state index is 0.437. The molecule has 0 heterocycles. The molecule has 2 N–H and O–H groups in total. The van der Waals surface area contributed by atoms with Crippen molar-refractivity contribution in [3.05, 3.63) is 29.3 Å². The third kappa shape index (κ3) is 5.09. The standard InChI is InChI=1S/C10H10F5NO3S2/c11-7-1-2-8(9(12)6(7)5-17)21(18,19)16-3-4-20-10(13,14)15/h1-2,16-17H,3-5H2.